The summed E-state index contributed by atoms with van der Waals surface area (Å²) in [5.41, 5.74) is 2.54. The fraction of sp³-hybridized carbons (Fsp3) is 0.562. The van der Waals surface area contributed by atoms with Crippen LogP contribution in [0, 0.1) is 13.8 Å². The topological polar surface area (TPSA) is 35.5 Å². The molecule has 0 aliphatic rings. The lowest BCUT2D eigenvalue weighted by atomic mass is 10.1. The Balaban J connectivity index is 2.66. The average molecular weight is 264 g/mol. The zero-order valence-corrected chi connectivity index (χ0v) is 12.4. The van der Waals surface area contributed by atoms with E-state index < -0.39 is 0 Å². The fourth-order valence-electron chi connectivity index (χ4n) is 2.12. The van der Waals surface area contributed by atoms with E-state index in [0.29, 0.717) is 5.56 Å². The minimum Gasteiger partial charge on any atom is -0.493 e. The highest BCUT2D eigenvalue weighted by atomic mass is 16.5. The van der Waals surface area contributed by atoms with E-state index in [4.69, 9.17) is 9.47 Å². The number of benzene rings is 1. The summed E-state index contributed by atoms with van der Waals surface area (Å²) in [5, 5.41) is 0. The molecule has 3 nitrogen and oxygen atoms in total. The maximum absolute atomic E-state index is 11.5. The molecule has 0 aliphatic heterocycles. The maximum Gasteiger partial charge on any atom is 0.337 e. The van der Waals surface area contributed by atoms with Gasteiger partial charge < -0.3 is 9.47 Å². The van der Waals surface area contributed by atoms with Crippen LogP contribution in [0.15, 0.2) is 12.1 Å². The Bertz CT molecular complexity index is 401. The standard InChI is InChI=1S/C16H24O3/c1-5-6-7-8-9-19-15-12(2)10-14(11-13(15)3)16(17)18-4/h10-11H,5-9H2,1-4H3. The van der Waals surface area contributed by atoms with Gasteiger partial charge >= 0.3 is 5.97 Å². The summed E-state index contributed by atoms with van der Waals surface area (Å²) in [6.07, 6.45) is 4.76. The van der Waals surface area contributed by atoms with Crippen molar-refractivity contribution in [2.24, 2.45) is 0 Å². The first-order valence-electron chi connectivity index (χ1n) is 6.92. The summed E-state index contributed by atoms with van der Waals surface area (Å²) < 4.78 is 10.6. The van der Waals surface area contributed by atoms with Crippen LogP contribution in [0.3, 0.4) is 0 Å². The Kier molecular flexibility index (Phi) is 6.40. The number of carbonyl (C=O) groups excluding carboxylic acids is 1. The minimum atomic E-state index is -0.305. The Labute approximate surface area is 115 Å². The molecular formula is C16H24O3. The van der Waals surface area contributed by atoms with Gasteiger partial charge in [0, 0.05) is 0 Å². The van der Waals surface area contributed by atoms with E-state index in [2.05, 4.69) is 6.92 Å². The van der Waals surface area contributed by atoms with Gasteiger partial charge in [0.2, 0.25) is 0 Å². The Morgan fingerprint density at radius 1 is 1.11 bits per heavy atom. The number of methoxy groups -OCH3 is 1. The van der Waals surface area contributed by atoms with Crippen LogP contribution in [-0.4, -0.2) is 19.7 Å². The van der Waals surface area contributed by atoms with Gasteiger partial charge in [-0.2, -0.15) is 0 Å². The van der Waals surface area contributed by atoms with Crippen LogP contribution in [0.1, 0.15) is 54.1 Å². The zero-order valence-electron chi connectivity index (χ0n) is 12.4. The second-order valence-corrected chi connectivity index (χ2v) is 4.84. The Morgan fingerprint density at radius 3 is 2.26 bits per heavy atom. The van der Waals surface area contributed by atoms with Gasteiger partial charge in [-0.15, -0.1) is 0 Å². The van der Waals surface area contributed by atoms with Crippen molar-refractivity contribution in [2.45, 2.75) is 46.5 Å². The predicted octanol–water partition coefficient (Wildman–Crippen LogP) is 4.05. The summed E-state index contributed by atoms with van der Waals surface area (Å²) in [4.78, 5) is 11.5. The third kappa shape index (κ3) is 4.58. The number of aryl methyl sites for hydroxylation is 2. The second-order valence-electron chi connectivity index (χ2n) is 4.84. The lowest BCUT2D eigenvalue weighted by Gasteiger charge is -2.13. The molecule has 0 aromatic heterocycles. The molecule has 0 fully saturated rings. The van der Waals surface area contributed by atoms with Crippen molar-refractivity contribution in [3.63, 3.8) is 0 Å². The van der Waals surface area contributed by atoms with Crippen molar-refractivity contribution < 1.29 is 14.3 Å². The van der Waals surface area contributed by atoms with Crippen LogP contribution in [-0.2, 0) is 4.74 Å². The van der Waals surface area contributed by atoms with Crippen LogP contribution in [0.5, 0.6) is 5.75 Å². The number of ether oxygens (including phenoxy) is 2. The van der Waals surface area contributed by atoms with Crippen LogP contribution in [0.25, 0.3) is 0 Å². The first-order chi connectivity index (χ1) is 9.10. The van der Waals surface area contributed by atoms with Gasteiger partial charge in [-0.25, -0.2) is 4.79 Å². The molecule has 0 saturated carbocycles. The molecule has 0 aliphatic carbocycles. The van der Waals surface area contributed by atoms with Gasteiger partial charge in [0.05, 0.1) is 19.3 Å². The molecule has 0 saturated heterocycles. The van der Waals surface area contributed by atoms with Crippen LogP contribution in [0.4, 0.5) is 0 Å². The highest BCUT2D eigenvalue weighted by Crippen LogP contribution is 2.25. The molecular weight excluding hydrogens is 240 g/mol. The minimum absolute atomic E-state index is 0.305. The highest BCUT2D eigenvalue weighted by molar-refractivity contribution is 5.90. The SMILES string of the molecule is CCCCCCOc1c(C)cc(C(=O)OC)cc1C. The fourth-order valence-corrected chi connectivity index (χ4v) is 2.12. The number of esters is 1. The Hall–Kier alpha value is -1.51. The van der Waals surface area contributed by atoms with Crippen LogP contribution < -0.4 is 4.74 Å². The summed E-state index contributed by atoms with van der Waals surface area (Å²) in [6.45, 7) is 6.85. The van der Waals surface area contributed by atoms with Crippen LogP contribution >= 0.6 is 0 Å². The number of carbonyl (C=O) groups is 1. The number of unbranched alkanes of at least 4 members (excludes halogenated alkanes) is 3. The molecule has 19 heavy (non-hydrogen) atoms. The summed E-state index contributed by atoms with van der Waals surface area (Å²) >= 11 is 0. The quantitative estimate of drug-likeness (QED) is 0.550. The van der Waals surface area contributed by atoms with Gasteiger partial charge in [0.15, 0.2) is 0 Å². The summed E-state index contributed by atoms with van der Waals surface area (Å²) in [7, 11) is 1.39. The molecule has 0 N–H and O–H groups in total. The predicted molar refractivity (Wildman–Crippen MR) is 76.9 cm³/mol. The van der Waals surface area contributed by atoms with E-state index in [1.54, 1.807) is 0 Å². The van der Waals surface area contributed by atoms with E-state index in [1.165, 1.54) is 26.4 Å². The lowest BCUT2D eigenvalue weighted by molar-refractivity contribution is 0.0600. The van der Waals surface area contributed by atoms with Crippen molar-refractivity contribution in [1.29, 1.82) is 0 Å². The van der Waals surface area contributed by atoms with E-state index >= 15 is 0 Å². The molecule has 106 valence electrons. The van der Waals surface area contributed by atoms with Gasteiger partial charge in [-0.05, 0) is 43.5 Å². The maximum atomic E-state index is 11.5. The Morgan fingerprint density at radius 2 is 1.74 bits per heavy atom. The molecule has 0 atom stereocenters. The largest absolute Gasteiger partial charge is 0.493 e. The molecule has 0 spiro atoms. The number of hydrogen-bond acceptors (Lipinski definition) is 3. The molecule has 1 aromatic rings. The molecule has 0 radical (unpaired) electrons. The summed E-state index contributed by atoms with van der Waals surface area (Å²) in [6, 6.07) is 3.64. The number of rotatable bonds is 7. The van der Waals surface area contributed by atoms with Gasteiger partial charge in [-0.1, -0.05) is 26.2 Å². The second kappa shape index (κ2) is 7.82. The van der Waals surface area contributed by atoms with E-state index in [-0.39, 0.29) is 5.97 Å². The van der Waals surface area contributed by atoms with Crippen molar-refractivity contribution in [3.8, 4) is 5.75 Å². The molecule has 1 aromatic carbocycles. The molecule has 0 amide bonds. The summed E-state index contributed by atoms with van der Waals surface area (Å²) in [5.74, 6) is 0.588. The smallest absolute Gasteiger partial charge is 0.337 e. The number of hydrogen-bond donors (Lipinski definition) is 0. The van der Waals surface area contributed by atoms with Crippen molar-refractivity contribution in [3.05, 3.63) is 28.8 Å². The zero-order chi connectivity index (χ0) is 14.3. The van der Waals surface area contributed by atoms with E-state index in [9.17, 15) is 4.79 Å². The first-order valence-corrected chi connectivity index (χ1v) is 6.92. The first kappa shape index (κ1) is 15.5. The van der Waals surface area contributed by atoms with Crippen molar-refractivity contribution >= 4 is 5.97 Å². The molecule has 0 unspecified atom stereocenters. The molecule has 0 heterocycles. The third-order valence-electron chi connectivity index (χ3n) is 3.13. The van der Waals surface area contributed by atoms with Gasteiger partial charge in [0.25, 0.3) is 0 Å². The van der Waals surface area contributed by atoms with Crippen molar-refractivity contribution in [2.75, 3.05) is 13.7 Å². The van der Waals surface area contributed by atoms with E-state index in [0.717, 1.165) is 29.9 Å². The molecule has 3 heteroatoms. The van der Waals surface area contributed by atoms with Gasteiger partial charge in [0.1, 0.15) is 5.75 Å². The van der Waals surface area contributed by atoms with E-state index in [1.807, 2.05) is 26.0 Å². The molecule has 1 rings (SSSR count). The van der Waals surface area contributed by atoms with Crippen LogP contribution in [0.2, 0.25) is 0 Å². The highest BCUT2D eigenvalue weighted by Gasteiger charge is 2.11. The lowest BCUT2D eigenvalue weighted by Crippen LogP contribution is -2.05. The van der Waals surface area contributed by atoms with Gasteiger partial charge in [-0.3, -0.25) is 0 Å². The monoisotopic (exact) mass is 264 g/mol. The van der Waals surface area contributed by atoms with Crippen molar-refractivity contribution in [1.82, 2.24) is 0 Å². The third-order valence-corrected chi connectivity index (χ3v) is 3.13. The average Bonchev–Trinajstić information content (AvgIpc) is 2.40. The molecule has 0 bridgehead atoms. The normalized spacial score (nSPS) is 10.3.